The van der Waals surface area contributed by atoms with Gasteiger partial charge < -0.3 is 5.32 Å². The Morgan fingerprint density at radius 3 is 2.68 bits per heavy atom. The summed E-state index contributed by atoms with van der Waals surface area (Å²) in [4.78, 5) is 8.94. The Kier molecular flexibility index (Phi) is 5.44. The van der Waals surface area contributed by atoms with Crippen LogP contribution in [0, 0.1) is 0 Å². The summed E-state index contributed by atoms with van der Waals surface area (Å²) in [6.45, 7) is 4.46. The van der Waals surface area contributed by atoms with E-state index in [0.717, 1.165) is 11.6 Å². The van der Waals surface area contributed by atoms with E-state index in [2.05, 4.69) is 29.1 Å². The average Bonchev–Trinajstić information content (AvgIpc) is 3.19. The third-order valence-corrected chi connectivity index (χ3v) is 3.74. The molecule has 1 aromatic rings. The maximum atomic E-state index is 6.10. The smallest absolute Gasteiger partial charge is 0.135 e. The molecule has 106 valence electrons. The summed E-state index contributed by atoms with van der Waals surface area (Å²) in [6, 6.07) is 2.35. The third-order valence-electron chi connectivity index (χ3n) is 3.55. The van der Waals surface area contributed by atoms with Gasteiger partial charge in [0, 0.05) is 18.0 Å². The molecular weight excluding hydrogens is 258 g/mol. The molecular formula is C15H24ClN3. The lowest BCUT2D eigenvalue weighted by Gasteiger charge is -2.19. The SMILES string of the molecule is CCCCC(CCC)Nc1cc(Cl)nc(C2CC2)n1. The van der Waals surface area contributed by atoms with Gasteiger partial charge in [-0.1, -0.05) is 44.7 Å². The topological polar surface area (TPSA) is 37.8 Å². The van der Waals surface area contributed by atoms with Crippen molar-refractivity contribution < 1.29 is 0 Å². The lowest BCUT2D eigenvalue weighted by Crippen LogP contribution is -2.20. The Labute approximate surface area is 121 Å². The molecule has 1 heterocycles. The second-order valence-electron chi connectivity index (χ2n) is 5.48. The van der Waals surface area contributed by atoms with Crippen LogP contribution in [-0.4, -0.2) is 16.0 Å². The van der Waals surface area contributed by atoms with E-state index in [-0.39, 0.29) is 0 Å². The Balaban J connectivity index is 2.02. The van der Waals surface area contributed by atoms with Crippen molar-refractivity contribution in [1.82, 2.24) is 9.97 Å². The number of anilines is 1. The second kappa shape index (κ2) is 7.09. The quantitative estimate of drug-likeness (QED) is 0.697. The lowest BCUT2D eigenvalue weighted by molar-refractivity contribution is 0.562. The van der Waals surface area contributed by atoms with Crippen LogP contribution in [0.15, 0.2) is 6.07 Å². The largest absolute Gasteiger partial charge is 0.367 e. The molecule has 1 fully saturated rings. The molecule has 1 aliphatic rings. The summed E-state index contributed by atoms with van der Waals surface area (Å²) in [5.41, 5.74) is 0. The number of hydrogen-bond acceptors (Lipinski definition) is 3. The molecule has 3 nitrogen and oxygen atoms in total. The van der Waals surface area contributed by atoms with E-state index in [1.807, 2.05) is 6.07 Å². The van der Waals surface area contributed by atoms with E-state index < -0.39 is 0 Å². The number of hydrogen-bond donors (Lipinski definition) is 1. The molecule has 1 unspecified atom stereocenters. The van der Waals surface area contributed by atoms with Crippen LogP contribution < -0.4 is 5.32 Å². The van der Waals surface area contributed by atoms with Gasteiger partial charge in [-0.2, -0.15) is 0 Å². The van der Waals surface area contributed by atoms with E-state index >= 15 is 0 Å². The van der Waals surface area contributed by atoms with E-state index in [1.165, 1.54) is 44.9 Å². The standard InChI is InChI=1S/C15H24ClN3/c1-3-5-7-12(6-4-2)17-14-10-13(16)18-15(19-14)11-8-9-11/h10-12H,3-9H2,1-2H3,(H,17,18,19). The van der Waals surface area contributed by atoms with Crippen molar-refractivity contribution in [1.29, 1.82) is 0 Å². The molecule has 0 aliphatic heterocycles. The molecule has 2 rings (SSSR count). The summed E-state index contributed by atoms with van der Waals surface area (Å²) in [6.07, 6.45) is 8.47. The van der Waals surface area contributed by atoms with Crippen LogP contribution in [0.2, 0.25) is 5.15 Å². The minimum Gasteiger partial charge on any atom is -0.367 e. The Morgan fingerprint density at radius 2 is 2.05 bits per heavy atom. The zero-order chi connectivity index (χ0) is 13.7. The van der Waals surface area contributed by atoms with Crippen LogP contribution in [-0.2, 0) is 0 Å². The van der Waals surface area contributed by atoms with Crippen molar-refractivity contribution in [3.05, 3.63) is 17.0 Å². The Bertz CT molecular complexity index is 404. The summed E-state index contributed by atoms with van der Waals surface area (Å²) in [5, 5.41) is 4.10. The number of nitrogens with one attached hydrogen (secondary N) is 1. The van der Waals surface area contributed by atoms with Crippen molar-refractivity contribution in [2.75, 3.05) is 5.32 Å². The van der Waals surface area contributed by atoms with Gasteiger partial charge in [-0.25, -0.2) is 9.97 Å². The number of nitrogens with zero attached hydrogens (tertiary/aromatic N) is 2. The molecule has 0 aromatic carbocycles. The van der Waals surface area contributed by atoms with Gasteiger partial charge in [-0.3, -0.25) is 0 Å². The fraction of sp³-hybridized carbons (Fsp3) is 0.733. The molecule has 1 saturated carbocycles. The molecule has 4 heteroatoms. The van der Waals surface area contributed by atoms with Gasteiger partial charge in [0.15, 0.2) is 0 Å². The third kappa shape index (κ3) is 4.64. The van der Waals surface area contributed by atoms with Gasteiger partial charge in [0.2, 0.25) is 0 Å². The number of aromatic nitrogens is 2. The second-order valence-corrected chi connectivity index (χ2v) is 5.87. The van der Waals surface area contributed by atoms with E-state index in [4.69, 9.17) is 11.6 Å². The highest BCUT2D eigenvalue weighted by molar-refractivity contribution is 6.29. The molecule has 0 bridgehead atoms. The molecule has 1 atom stereocenters. The highest BCUT2D eigenvalue weighted by Gasteiger charge is 2.27. The first-order valence-corrected chi connectivity index (χ1v) is 7.91. The molecule has 19 heavy (non-hydrogen) atoms. The van der Waals surface area contributed by atoms with Crippen molar-refractivity contribution in [2.24, 2.45) is 0 Å². The average molecular weight is 282 g/mol. The zero-order valence-corrected chi connectivity index (χ0v) is 12.7. The maximum absolute atomic E-state index is 6.10. The van der Waals surface area contributed by atoms with Crippen LogP contribution in [0.3, 0.4) is 0 Å². The lowest BCUT2D eigenvalue weighted by atomic mass is 10.1. The summed E-state index contributed by atoms with van der Waals surface area (Å²) < 4.78 is 0. The van der Waals surface area contributed by atoms with Gasteiger partial charge in [0.25, 0.3) is 0 Å². The highest BCUT2D eigenvalue weighted by Crippen LogP contribution is 2.38. The molecule has 1 aromatic heterocycles. The number of unbranched alkanes of at least 4 members (excludes halogenated alkanes) is 1. The first-order valence-electron chi connectivity index (χ1n) is 7.54. The molecule has 0 saturated heterocycles. The molecule has 0 radical (unpaired) electrons. The maximum Gasteiger partial charge on any atom is 0.135 e. The Morgan fingerprint density at radius 1 is 1.26 bits per heavy atom. The molecule has 1 N–H and O–H groups in total. The fourth-order valence-electron chi connectivity index (χ4n) is 2.33. The van der Waals surface area contributed by atoms with Crippen molar-refractivity contribution in [3.8, 4) is 0 Å². The van der Waals surface area contributed by atoms with Crippen molar-refractivity contribution >= 4 is 17.4 Å². The van der Waals surface area contributed by atoms with Gasteiger partial charge >= 0.3 is 0 Å². The normalized spacial score (nSPS) is 16.4. The monoisotopic (exact) mass is 281 g/mol. The van der Waals surface area contributed by atoms with E-state index in [1.54, 1.807) is 0 Å². The van der Waals surface area contributed by atoms with Crippen LogP contribution in [0.5, 0.6) is 0 Å². The van der Waals surface area contributed by atoms with Gasteiger partial charge in [-0.05, 0) is 25.7 Å². The van der Waals surface area contributed by atoms with Crippen LogP contribution in [0.4, 0.5) is 5.82 Å². The first-order chi connectivity index (χ1) is 9.22. The van der Waals surface area contributed by atoms with E-state index in [9.17, 15) is 0 Å². The zero-order valence-electron chi connectivity index (χ0n) is 12.0. The van der Waals surface area contributed by atoms with Crippen molar-refractivity contribution in [3.63, 3.8) is 0 Å². The predicted octanol–water partition coefficient (Wildman–Crippen LogP) is 4.78. The summed E-state index contributed by atoms with van der Waals surface area (Å²) in [5.74, 6) is 2.36. The Hall–Kier alpha value is -0.830. The predicted molar refractivity (Wildman–Crippen MR) is 80.9 cm³/mol. The van der Waals surface area contributed by atoms with Crippen LogP contribution >= 0.6 is 11.6 Å². The molecule has 0 spiro atoms. The highest BCUT2D eigenvalue weighted by atomic mass is 35.5. The first kappa shape index (κ1) is 14.6. The minimum atomic E-state index is 0.503. The minimum absolute atomic E-state index is 0.503. The summed E-state index contributed by atoms with van der Waals surface area (Å²) in [7, 11) is 0. The molecule has 0 amide bonds. The van der Waals surface area contributed by atoms with Crippen LogP contribution in [0.1, 0.15) is 70.5 Å². The molecule has 1 aliphatic carbocycles. The van der Waals surface area contributed by atoms with Gasteiger partial charge in [0.05, 0.1) is 0 Å². The van der Waals surface area contributed by atoms with Gasteiger partial charge in [0.1, 0.15) is 16.8 Å². The number of halogens is 1. The fourth-order valence-corrected chi connectivity index (χ4v) is 2.52. The van der Waals surface area contributed by atoms with Gasteiger partial charge in [-0.15, -0.1) is 0 Å². The summed E-state index contributed by atoms with van der Waals surface area (Å²) >= 11 is 6.10. The number of rotatable bonds is 8. The van der Waals surface area contributed by atoms with Crippen molar-refractivity contribution in [2.45, 2.75) is 70.8 Å². The van der Waals surface area contributed by atoms with Crippen LogP contribution in [0.25, 0.3) is 0 Å². The van der Waals surface area contributed by atoms with E-state index in [0.29, 0.717) is 17.1 Å².